The van der Waals surface area contributed by atoms with Crippen LogP contribution in [0.25, 0.3) is 0 Å². The van der Waals surface area contributed by atoms with Crippen molar-refractivity contribution in [3.63, 3.8) is 0 Å². The predicted molar refractivity (Wildman–Crippen MR) is 79.2 cm³/mol. The fourth-order valence-corrected chi connectivity index (χ4v) is 2.97. The Bertz CT molecular complexity index is 534. The number of nitriles is 1. The highest BCUT2D eigenvalue weighted by atomic mass is 32.2. The lowest BCUT2D eigenvalue weighted by Gasteiger charge is -2.35. The first-order chi connectivity index (χ1) is 9.65. The number of anilines is 1. The Morgan fingerprint density at radius 1 is 1.40 bits per heavy atom. The maximum Gasteiger partial charge on any atom is 0.317 e. The van der Waals surface area contributed by atoms with Crippen molar-refractivity contribution in [3.8, 4) is 6.07 Å². The van der Waals surface area contributed by atoms with Gasteiger partial charge in [0.25, 0.3) is 0 Å². The second kappa shape index (κ2) is 6.64. The first-order valence-corrected chi connectivity index (χ1v) is 7.64. The molecule has 1 aliphatic rings. The third-order valence-corrected chi connectivity index (χ3v) is 4.19. The molecule has 20 heavy (non-hydrogen) atoms. The zero-order chi connectivity index (χ0) is 14.5. The average molecular weight is 291 g/mol. The highest BCUT2D eigenvalue weighted by Gasteiger charge is 2.21. The van der Waals surface area contributed by atoms with E-state index < -0.39 is 5.97 Å². The van der Waals surface area contributed by atoms with Gasteiger partial charge < -0.3 is 10.0 Å². The van der Waals surface area contributed by atoms with E-state index in [4.69, 9.17) is 5.11 Å². The van der Waals surface area contributed by atoms with Gasteiger partial charge in [0.1, 0.15) is 6.07 Å². The molecule has 5 nitrogen and oxygen atoms in total. The Labute approximate surface area is 122 Å². The van der Waals surface area contributed by atoms with E-state index >= 15 is 0 Å². The second-order valence-electron chi connectivity index (χ2n) is 4.62. The van der Waals surface area contributed by atoms with Gasteiger partial charge in [-0.05, 0) is 18.4 Å². The molecular weight excluding hydrogens is 274 g/mol. The Kier molecular flexibility index (Phi) is 4.88. The molecule has 0 amide bonds. The van der Waals surface area contributed by atoms with Gasteiger partial charge >= 0.3 is 5.97 Å². The average Bonchev–Trinajstić information content (AvgIpc) is 2.46. The Balaban J connectivity index is 2.11. The van der Waals surface area contributed by atoms with Gasteiger partial charge in [-0.1, -0.05) is 6.07 Å². The van der Waals surface area contributed by atoms with Gasteiger partial charge in [-0.15, -0.1) is 11.8 Å². The van der Waals surface area contributed by atoms with Gasteiger partial charge in [-0.25, -0.2) is 0 Å². The van der Waals surface area contributed by atoms with Gasteiger partial charge in [-0.3, -0.25) is 9.69 Å². The molecule has 1 saturated heterocycles. The maximum absolute atomic E-state index is 10.7. The van der Waals surface area contributed by atoms with Crippen LogP contribution in [-0.2, 0) is 4.79 Å². The van der Waals surface area contributed by atoms with Crippen molar-refractivity contribution in [3.05, 3.63) is 23.8 Å². The fourth-order valence-electron chi connectivity index (χ4n) is 2.40. The molecule has 1 fully saturated rings. The number of carbonyl (C=O) groups is 1. The third kappa shape index (κ3) is 3.24. The van der Waals surface area contributed by atoms with Crippen LogP contribution < -0.4 is 4.90 Å². The van der Waals surface area contributed by atoms with Crippen molar-refractivity contribution in [2.24, 2.45) is 0 Å². The first-order valence-electron chi connectivity index (χ1n) is 6.42. The molecule has 0 saturated carbocycles. The third-order valence-electron chi connectivity index (χ3n) is 3.41. The minimum absolute atomic E-state index is 0.0871. The van der Waals surface area contributed by atoms with E-state index in [-0.39, 0.29) is 6.54 Å². The Morgan fingerprint density at radius 3 is 2.65 bits per heavy atom. The first kappa shape index (κ1) is 14.7. The molecule has 0 radical (unpaired) electrons. The number of carboxylic acids is 1. The molecule has 0 spiro atoms. The van der Waals surface area contributed by atoms with Gasteiger partial charge in [0.05, 0.1) is 17.8 Å². The number of aliphatic carboxylic acids is 1. The summed E-state index contributed by atoms with van der Waals surface area (Å²) in [5, 5.41) is 18.2. The number of rotatable bonds is 4. The lowest BCUT2D eigenvalue weighted by Crippen LogP contribution is -2.48. The zero-order valence-electron chi connectivity index (χ0n) is 11.4. The molecule has 1 aromatic carbocycles. The molecule has 106 valence electrons. The van der Waals surface area contributed by atoms with Crippen molar-refractivity contribution >= 4 is 23.4 Å². The van der Waals surface area contributed by atoms with E-state index in [0.717, 1.165) is 23.7 Å². The molecule has 0 unspecified atom stereocenters. The van der Waals surface area contributed by atoms with Crippen LogP contribution in [0.5, 0.6) is 0 Å². The number of benzene rings is 1. The SMILES string of the molecule is CSc1cccc(N2CCN(CC(=O)O)CC2)c1C#N. The van der Waals surface area contributed by atoms with E-state index in [1.54, 1.807) is 11.8 Å². The molecule has 1 aromatic rings. The van der Waals surface area contributed by atoms with Crippen molar-refractivity contribution in [1.82, 2.24) is 4.90 Å². The summed E-state index contributed by atoms with van der Waals surface area (Å²) in [5.74, 6) is -0.791. The molecule has 1 heterocycles. The molecule has 2 rings (SSSR count). The van der Waals surface area contributed by atoms with Crippen LogP contribution in [0.3, 0.4) is 0 Å². The smallest absolute Gasteiger partial charge is 0.317 e. The van der Waals surface area contributed by atoms with Gasteiger partial charge in [0.15, 0.2) is 0 Å². The summed E-state index contributed by atoms with van der Waals surface area (Å²) in [5.41, 5.74) is 1.67. The minimum Gasteiger partial charge on any atom is -0.480 e. The largest absolute Gasteiger partial charge is 0.480 e. The lowest BCUT2D eigenvalue weighted by molar-refractivity contribution is -0.138. The van der Waals surface area contributed by atoms with Gasteiger partial charge in [-0.2, -0.15) is 5.26 Å². The second-order valence-corrected chi connectivity index (χ2v) is 5.47. The fraction of sp³-hybridized carbons (Fsp3) is 0.429. The molecular formula is C14H17N3O2S. The number of carboxylic acid groups (broad SMARTS) is 1. The molecule has 0 aliphatic carbocycles. The van der Waals surface area contributed by atoms with Crippen LogP contribution in [0.15, 0.2) is 23.1 Å². The number of piperazine rings is 1. The summed E-state index contributed by atoms with van der Waals surface area (Å²) in [6, 6.07) is 8.16. The standard InChI is InChI=1S/C14H17N3O2S/c1-20-13-4-2-3-12(11(13)9-15)17-7-5-16(6-8-17)10-14(18)19/h2-4H,5-8,10H2,1H3,(H,18,19). The van der Waals surface area contributed by atoms with Crippen molar-refractivity contribution < 1.29 is 9.90 Å². The predicted octanol–water partition coefficient (Wildman–Crippen LogP) is 1.49. The van der Waals surface area contributed by atoms with Crippen LogP contribution in [0.1, 0.15) is 5.56 Å². The Hall–Kier alpha value is -1.71. The molecule has 0 bridgehead atoms. The molecule has 0 aromatic heterocycles. The normalized spacial score (nSPS) is 15.9. The maximum atomic E-state index is 10.7. The monoisotopic (exact) mass is 291 g/mol. The number of hydrogen-bond acceptors (Lipinski definition) is 5. The van der Waals surface area contributed by atoms with Crippen LogP contribution in [0.4, 0.5) is 5.69 Å². The number of nitrogens with zero attached hydrogens (tertiary/aromatic N) is 3. The van der Waals surface area contributed by atoms with Crippen molar-refractivity contribution in [2.45, 2.75) is 4.90 Å². The minimum atomic E-state index is -0.791. The summed E-state index contributed by atoms with van der Waals surface area (Å²) in [7, 11) is 0. The summed E-state index contributed by atoms with van der Waals surface area (Å²) in [6.07, 6.45) is 1.96. The van der Waals surface area contributed by atoms with Crippen LogP contribution in [-0.4, -0.2) is 55.0 Å². The van der Waals surface area contributed by atoms with E-state index in [9.17, 15) is 10.1 Å². The van der Waals surface area contributed by atoms with E-state index in [0.29, 0.717) is 18.7 Å². The molecule has 6 heteroatoms. The highest BCUT2D eigenvalue weighted by Crippen LogP contribution is 2.29. The van der Waals surface area contributed by atoms with Crippen molar-refractivity contribution in [1.29, 1.82) is 5.26 Å². The molecule has 0 atom stereocenters. The molecule has 1 N–H and O–H groups in total. The Morgan fingerprint density at radius 2 is 2.10 bits per heavy atom. The molecule has 1 aliphatic heterocycles. The summed E-state index contributed by atoms with van der Waals surface area (Å²) >= 11 is 1.57. The van der Waals surface area contributed by atoms with E-state index in [2.05, 4.69) is 11.0 Å². The van der Waals surface area contributed by atoms with Gasteiger partial charge in [0, 0.05) is 31.1 Å². The summed E-state index contributed by atoms with van der Waals surface area (Å²) in [4.78, 5) is 15.8. The van der Waals surface area contributed by atoms with Crippen LogP contribution >= 0.6 is 11.8 Å². The highest BCUT2D eigenvalue weighted by molar-refractivity contribution is 7.98. The van der Waals surface area contributed by atoms with Crippen LogP contribution in [0.2, 0.25) is 0 Å². The summed E-state index contributed by atoms with van der Waals surface area (Å²) in [6.45, 7) is 3.00. The van der Waals surface area contributed by atoms with E-state index in [1.807, 2.05) is 29.4 Å². The lowest BCUT2D eigenvalue weighted by atomic mass is 10.1. The van der Waals surface area contributed by atoms with Gasteiger partial charge in [0.2, 0.25) is 0 Å². The van der Waals surface area contributed by atoms with E-state index in [1.165, 1.54) is 0 Å². The number of thioether (sulfide) groups is 1. The zero-order valence-corrected chi connectivity index (χ0v) is 12.2. The quantitative estimate of drug-likeness (QED) is 0.848. The topological polar surface area (TPSA) is 67.6 Å². The summed E-state index contributed by atoms with van der Waals surface area (Å²) < 4.78 is 0. The number of hydrogen-bond donors (Lipinski definition) is 1. The van der Waals surface area contributed by atoms with Crippen molar-refractivity contribution in [2.75, 3.05) is 43.9 Å². The van der Waals surface area contributed by atoms with Crippen LogP contribution in [0, 0.1) is 11.3 Å².